The molecule has 2 heterocycles. The van der Waals surface area contributed by atoms with Gasteiger partial charge in [-0.15, -0.1) is 6.61 Å². The Bertz CT molecular complexity index is 2350. The zero-order valence-corrected chi connectivity index (χ0v) is 65.7. The van der Waals surface area contributed by atoms with Crippen LogP contribution < -0.4 is 31.7 Å². The number of anilines is 2. The minimum absolute atomic E-state index is 0. The van der Waals surface area contributed by atoms with Crippen LogP contribution in [0, 0.1) is 23.7 Å². The Labute approximate surface area is 521 Å². The predicted molar refractivity (Wildman–Crippen MR) is 360 cm³/mol. The summed E-state index contributed by atoms with van der Waals surface area (Å²) in [7, 11) is 1.76. The van der Waals surface area contributed by atoms with Crippen molar-refractivity contribution in [3.63, 3.8) is 0 Å². The molecule has 79 heavy (non-hydrogen) atoms. The second-order valence-electron chi connectivity index (χ2n) is 29.7. The third-order valence-electron chi connectivity index (χ3n) is 17.6. The van der Waals surface area contributed by atoms with Gasteiger partial charge >= 0.3 is 500 Å². The van der Waals surface area contributed by atoms with E-state index in [1.54, 1.807) is 18.3 Å². The summed E-state index contributed by atoms with van der Waals surface area (Å²) >= 11 is -2.99. The molecular formula is C63H118ClGe2LiN6O2P2Si2. The van der Waals surface area contributed by atoms with Gasteiger partial charge in [-0.1, -0.05) is 14.4 Å². The van der Waals surface area contributed by atoms with Crippen LogP contribution in [-0.4, -0.2) is 100 Å². The molecule has 2 aromatic rings. The molecule has 0 spiro atoms. The summed E-state index contributed by atoms with van der Waals surface area (Å²) in [5.41, 5.74) is 13.2. The van der Waals surface area contributed by atoms with Crippen LogP contribution in [0.1, 0.15) is 244 Å². The average molecular weight is 1300 g/mol. The average Bonchev–Trinajstić information content (AvgIpc) is 4.09. The van der Waals surface area contributed by atoms with Gasteiger partial charge in [-0.25, -0.2) is 0 Å². The quantitative estimate of drug-likeness (QED) is 0.137. The van der Waals surface area contributed by atoms with E-state index in [0.717, 1.165) is 18.4 Å². The van der Waals surface area contributed by atoms with Crippen LogP contribution in [0.15, 0.2) is 58.4 Å². The van der Waals surface area contributed by atoms with Gasteiger partial charge in [-0.05, 0) is 0 Å². The maximum atomic E-state index is 8.93. The molecule has 2 saturated heterocycles. The predicted octanol–water partition coefficient (Wildman–Crippen LogP) is 14.0. The fourth-order valence-corrected chi connectivity index (χ4v) is 47.1. The normalized spacial score (nSPS) is 24.0. The Kier molecular flexibility index (Phi) is 24.9. The summed E-state index contributed by atoms with van der Waals surface area (Å²) < 4.78 is 24.4. The summed E-state index contributed by atoms with van der Waals surface area (Å²) in [5.74, 6) is 4.89. The third kappa shape index (κ3) is 14.1. The number of hydrogen-bond donors (Lipinski definition) is 0. The molecule has 4 fully saturated rings. The number of fused-ring (bicyclic) bond motifs is 4. The summed E-state index contributed by atoms with van der Waals surface area (Å²) in [6, 6.07) is 14.1. The molecular weight excluding hydrogens is 1180 g/mol. The smallest absolute Gasteiger partial charge is 1.00 e. The van der Waals surface area contributed by atoms with E-state index in [4.69, 9.17) is 18.9 Å². The van der Waals surface area contributed by atoms with Crippen molar-refractivity contribution in [3.05, 3.63) is 80.7 Å². The maximum absolute atomic E-state index is 8.93. The number of hydrogen-bond acceptors (Lipinski definition) is 8. The fraction of sp³-hybridized carbons (Fsp3) is 0.746. The Morgan fingerprint density at radius 2 is 0.823 bits per heavy atom. The Hall–Kier alpha value is 0.547. The zero-order chi connectivity index (χ0) is 58.0. The molecule has 0 N–H and O–H groups in total. The number of allylic oxidation sites excluding steroid dienone is 4. The van der Waals surface area contributed by atoms with Gasteiger partial charge in [-0.3, -0.25) is 0 Å². The maximum Gasteiger partial charge on any atom is 1.00 e. The third-order valence-corrected chi connectivity index (χ3v) is 46.7. The van der Waals surface area contributed by atoms with Crippen LogP contribution in [-0.2, 0) is 3.76 Å². The van der Waals surface area contributed by atoms with Crippen molar-refractivity contribution in [1.82, 2.24) is 17.3 Å². The van der Waals surface area contributed by atoms with E-state index in [2.05, 4.69) is 233 Å². The van der Waals surface area contributed by atoms with E-state index in [-0.39, 0.29) is 55.0 Å². The van der Waals surface area contributed by atoms with Crippen LogP contribution >= 0.6 is 26.5 Å². The van der Waals surface area contributed by atoms with Crippen molar-refractivity contribution >= 4 is 85.3 Å². The molecule has 8 rings (SSSR count). The summed E-state index contributed by atoms with van der Waals surface area (Å²) in [4.78, 5) is 0. The van der Waals surface area contributed by atoms with E-state index < -0.39 is 64.0 Å². The molecule has 2 aromatic carbocycles. The Balaban J connectivity index is 0.000000317. The molecule has 0 amide bonds. The molecule has 2 aliphatic heterocycles. The van der Waals surface area contributed by atoms with Crippen LogP contribution in [0.4, 0.5) is 11.4 Å². The van der Waals surface area contributed by atoms with E-state index in [1.807, 2.05) is 10.6 Å². The first-order valence-corrected chi connectivity index (χ1v) is 46.8. The Morgan fingerprint density at radius 3 is 1.08 bits per heavy atom. The summed E-state index contributed by atoms with van der Waals surface area (Å²) in [6.45, 7) is 63.5. The molecule has 4 aliphatic carbocycles. The number of rotatable bonds is 14. The van der Waals surface area contributed by atoms with Crippen molar-refractivity contribution in [1.29, 1.82) is 0 Å². The first-order valence-electron chi connectivity index (χ1n) is 30.4. The van der Waals surface area contributed by atoms with Crippen LogP contribution in [0.25, 0.3) is 0 Å². The van der Waals surface area contributed by atoms with Gasteiger partial charge in [0.05, 0.1) is 0 Å². The van der Waals surface area contributed by atoms with Crippen LogP contribution in [0.5, 0.6) is 0 Å². The Morgan fingerprint density at radius 1 is 0.557 bits per heavy atom. The largest absolute Gasteiger partial charge is 1.00 e. The number of nitrogens with zero attached hydrogens (tertiary/aromatic N) is 6. The van der Waals surface area contributed by atoms with Crippen LogP contribution in [0.3, 0.4) is 0 Å². The molecule has 6 aliphatic rings. The van der Waals surface area contributed by atoms with E-state index in [0.29, 0.717) is 35.5 Å². The second kappa shape index (κ2) is 27.3. The van der Waals surface area contributed by atoms with Gasteiger partial charge in [-0.2, -0.15) is 0 Å². The summed E-state index contributed by atoms with van der Waals surface area (Å²) in [5, 5.41) is 12.6. The van der Waals surface area contributed by atoms with E-state index in [1.165, 1.54) is 72.2 Å². The van der Waals surface area contributed by atoms with Gasteiger partial charge in [0.1, 0.15) is 0 Å². The second-order valence-corrected chi connectivity index (χ2v) is 49.3. The molecule has 16 heteroatoms. The van der Waals surface area contributed by atoms with Gasteiger partial charge in [0.15, 0.2) is 0 Å². The van der Waals surface area contributed by atoms with E-state index >= 15 is 0 Å². The van der Waals surface area contributed by atoms with Crippen molar-refractivity contribution in [2.24, 2.45) is 23.7 Å². The summed E-state index contributed by atoms with van der Waals surface area (Å²) in [6.07, 6.45) is 8.18. The fourth-order valence-electron chi connectivity index (χ4n) is 15.9. The molecule has 2 saturated carbocycles. The van der Waals surface area contributed by atoms with Crippen LogP contribution in [0.2, 0.25) is 26.2 Å². The van der Waals surface area contributed by atoms with Crippen molar-refractivity contribution in [2.75, 3.05) is 20.9 Å². The van der Waals surface area contributed by atoms with Gasteiger partial charge in [0.25, 0.3) is 0 Å². The van der Waals surface area contributed by atoms with Crippen molar-refractivity contribution < 1.29 is 27.7 Å². The van der Waals surface area contributed by atoms with Crippen molar-refractivity contribution in [3.8, 4) is 0 Å². The minimum atomic E-state index is -1.72. The zero-order valence-electron chi connectivity index (χ0n) is 55.0. The van der Waals surface area contributed by atoms with Gasteiger partial charge in [0, 0.05) is 0 Å². The molecule has 8 nitrogen and oxygen atoms in total. The molecule has 0 aromatic heterocycles. The monoisotopic (exact) mass is 1300 g/mol. The van der Waals surface area contributed by atoms with Gasteiger partial charge < -0.3 is 5.11 Å². The molecule has 4 bridgehead atoms. The number of benzene rings is 2. The minimum Gasteiger partial charge on any atom is 1.00 e. The number of halogens is 1. The molecule has 4 unspecified atom stereocenters. The van der Waals surface area contributed by atoms with Gasteiger partial charge in [0.2, 0.25) is 0 Å². The standard InChI is InChI=1S/C31H56GeN3OPSi.C29H51ClGeN3PSi.C2H5O.CH4.Li/c1-14-36-32-33(28-25(21(2)3)16-15-17-26(28)22(4)5)27-23-18-19-24(20-23)29(27)37-34(30(6,7)8)38(12,13)35(37)31(9,10)11;1-19(2)23-14-13-15-24(20(3)4)26(23)32(31-30)25-21-16-17-22(18-21)27(25)35-33(28(5,6)7)36(11,12)34(35)29(8,9)10;1-2-3;;/h15-17,21-24H,14,18-20,32H2,1-13H3;13-15,19-22H,16-18,31H2,1-12H3;2H2,1H3;1H4;/q3*-1;;+1/p+2. The topological polar surface area (TPSA) is 51.7 Å². The van der Waals surface area contributed by atoms with E-state index in [9.17, 15) is 0 Å². The van der Waals surface area contributed by atoms with Crippen molar-refractivity contribution in [2.45, 2.75) is 270 Å². The first kappa shape index (κ1) is 72.0. The SMILES string of the molecule is C.CC(C)c1cccc(C(C)C)c1[N]([GeH2-][Cl])C1=C([PH+]2N(C(C)(C)C)[Si](C)(C)N2C(C)(C)C)C2CCC1C2.CC[O-].CC[O][GeH2-][N](C1=C([PH+]2N(C(C)(C)C)[Si](C)(C)N2C(C)(C)C)C2CCC1C2)c1c(C(C)C)cccc1C(C)C.[Li+]. The first-order chi connectivity index (χ1) is 35.5. The number of para-hydroxylation sites is 2. The molecule has 0 radical (unpaired) electrons. The molecule has 446 valence electrons. The molecule has 4 atom stereocenters.